The van der Waals surface area contributed by atoms with E-state index in [2.05, 4.69) is 0 Å². The zero-order valence-electron chi connectivity index (χ0n) is 13.6. The van der Waals surface area contributed by atoms with Gasteiger partial charge in [0.05, 0.1) is 23.4 Å². The van der Waals surface area contributed by atoms with Gasteiger partial charge in [0.1, 0.15) is 5.76 Å². The van der Waals surface area contributed by atoms with Crippen molar-refractivity contribution in [3.63, 3.8) is 0 Å². The van der Waals surface area contributed by atoms with Crippen LogP contribution in [0, 0.1) is 0 Å². The lowest BCUT2D eigenvalue weighted by molar-refractivity contribution is 0.101. The molecular weight excluding hydrogens is 338 g/mol. The van der Waals surface area contributed by atoms with E-state index < -0.39 is 10.0 Å². The van der Waals surface area contributed by atoms with Crippen LogP contribution in [0.4, 0.5) is 5.69 Å². The fraction of sp³-hybridized carbons (Fsp3) is 0.105. The summed E-state index contributed by atoms with van der Waals surface area (Å²) < 4.78 is 32.9. The number of Topliss-reactive ketones (excluding diaryl/α,β-unsaturated/α-hetero) is 1. The highest BCUT2D eigenvalue weighted by atomic mass is 32.2. The fourth-order valence-electron chi connectivity index (χ4n) is 2.44. The Balaban J connectivity index is 2.03. The van der Waals surface area contributed by atoms with Crippen LogP contribution in [0.25, 0.3) is 0 Å². The minimum Gasteiger partial charge on any atom is -0.467 e. The maximum Gasteiger partial charge on any atom is 0.264 e. The van der Waals surface area contributed by atoms with Gasteiger partial charge in [-0.15, -0.1) is 0 Å². The number of ketones is 1. The van der Waals surface area contributed by atoms with E-state index in [1.807, 2.05) is 6.07 Å². The van der Waals surface area contributed by atoms with E-state index in [0.29, 0.717) is 17.0 Å². The Morgan fingerprint density at radius 1 is 0.960 bits per heavy atom. The van der Waals surface area contributed by atoms with Crippen molar-refractivity contribution in [2.75, 3.05) is 4.31 Å². The Morgan fingerprint density at radius 2 is 1.64 bits per heavy atom. The van der Waals surface area contributed by atoms with Gasteiger partial charge in [-0.05, 0) is 43.3 Å². The molecule has 6 heteroatoms. The smallest absolute Gasteiger partial charge is 0.264 e. The normalized spacial score (nSPS) is 11.2. The van der Waals surface area contributed by atoms with Crippen molar-refractivity contribution < 1.29 is 17.6 Å². The summed E-state index contributed by atoms with van der Waals surface area (Å²) in [6.45, 7) is 1.52. The maximum absolute atomic E-state index is 13.1. The van der Waals surface area contributed by atoms with Crippen molar-refractivity contribution in [2.45, 2.75) is 18.4 Å². The van der Waals surface area contributed by atoms with Crippen LogP contribution in [0.15, 0.2) is 82.3 Å². The molecule has 25 heavy (non-hydrogen) atoms. The number of rotatable bonds is 6. The molecule has 0 amide bonds. The number of para-hydroxylation sites is 1. The second kappa shape index (κ2) is 6.94. The molecule has 0 aliphatic rings. The summed E-state index contributed by atoms with van der Waals surface area (Å²) in [5.74, 6) is 0.423. The van der Waals surface area contributed by atoms with Crippen LogP contribution in [0.1, 0.15) is 23.0 Å². The number of carbonyl (C=O) groups excluding carboxylic acids is 1. The lowest BCUT2D eigenvalue weighted by atomic mass is 10.2. The highest BCUT2D eigenvalue weighted by molar-refractivity contribution is 7.92. The first kappa shape index (κ1) is 17.0. The van der Waals surface area contributed by atoms with E-state index >= 15 is 0 Å². The summed E-state index contributed by atoms with van der Waals surface area (Å²) in [5.41, 5.74) is 1.01. The van der Waals surface area contributed by atoms with Crippen LogP contribution in [0.3, 0.4) is 0 Å². The molecule has 5 nitrogen and oxygen atoms in total. The molecule has 0 fully saturated rings. The number of anilines is 1. The van der Waals surface area contributed by atoms with Crippen LogP contribution in [-0.2, 0) is 16.6 Å². The largest absolute Gasteiger partial charge is 0.467 e. The highest BCUT2D eigenvalue weighted by Crippen LogP contribution is 2.26. The van der Waals surface area contributed by atoms with Crippen molar-refractivity contribution >= 4 is 21.5 Å². The Morgan fingerprint density at radius 3 is 2.20 bits per heavy atom. The van der Waals surface area contributed by atoms with Crippen LogP contribution in [-0.4, -0.2) is 14.2 Å². The number of benzene rings is 2. The predicted molar refractivity (Wildman–Crippen MR) is 95.0 cm³/mol. The molecule has 0 atom stereocenters. The molecule has 3 aromatic rings. The monoisotopic (exact) mass is 355 g/mol. The standard InChI is InChI=1S/C19H17NO4S/c1-15(21)16-9-11-19(12-10-16)25(22,23)20(14-18-8-5-13-24-18)17-6-3-2-4-7-17/h2-13H,14H2,1H3. The molecular formula is C19H17NO4S. The Bertz CT molecular complexity index is 946. The van der Waals surface area contributed by atoms with Gasteiger partial charge in [-0.1, -0.05) is 30.3 Å². The molecule has 0 aliphatic carbocycles. The average Bonchev–Trinajstić information content (AvgIpc) is 3.13. The Hall–Kier alpha value is -2.86. The highest BCUT2D eigenvalue weighted by Gasteiger charge is 2.26. The molecule has 0 radical (unpaired) electrons. The second-order valence-corrected chi connectivity index (χ2v) is 7.37. The summed E-state index contributed by atoms with van der Waals surface area (Å²) in [6.07, 6.45) is 1.51. The number of carbonyl (C=O) groups is 1. The van der Waals surface area contributed by atoms with Gasteiger partial charge in [0.2, 0.25) is 0 Å². The minimum absolute atomic E-state index is 0.0772. The molecule has 0 saturated heterocycles. The topological polar surface area (TPSA) is 67.6 Å². The number of hydrogen-bond donors (Lipinski definition) is 0. The lowest BCUT2D eigenvalue weighted by Crippen LogP contribution is -2.30. The number of nitrogens with zero attached hydrogens (tertiary/aromatic N) is 1. The fourth-order valence-corrected chi connectivity index (χ4v) is 3.87. The molecule has 0 saturated carbocycles. The maximum atomic E-state index is 13.1. The van der Waals surface area contributed by atoms with Gasteiger partial charge in [0.25, 0.3) is 10.0 Å². The zero-order chi connectivity index (χ0) is 17.9. The van der Waals surface area contributed by atoms with E-state index in [0.717, 1.165) is 0 Å². The Labute approximate surface area is 146 Å². The third-order valence-corrected chi connectivity index (χ3v) is 5.56. The first-order valence-electron chi connectivity index (χ1n) is 7.69. The van der Waals surface area contributed by atoms with Crippen molar-refractivity contribution in [3.8, 4) is 0 Å². The predicted octanol–water partition coefficient (Wildman–Crippen LogP) is 3.88. The van der Waals surface area contributed by atoms with Crippen molar-refractivity contribution in [1.29, 1.82) is 0 Å². The van der Waals surface area contributed by atoms with Gasteiger partial charge in [-0.2, -0.15) is 0 Å². The third kappa shape index (κ3) is 3.64. The van der Waals surface area contributed by atoms with Crippen LogP contribution >= 0.6 is 0 Å². The van der Waals surface area contributed by atoms with Crippen molar-refractivity contribution in [2.24, 2.45) is 0 Å². The van der Waals surface area contributed by atoms with Crippen LogP contribution < -0.4 is 4.31 Å². The molecule has 128 valence electrons. The first-order chi connectivity index (χ1) is 12.0. The van der Waals surface area contributed by atoms with Gasteiger partial charge in [-0.3, -0.25) is 9.10 Å². The number of hydrogen-bond acceptors (Lipinski definition) is 4. The molecule has 3 rings (SSSR count). The molecule has 1 aromatic heterocycles. The van der Waals surface area contributed by atoms with Gasteiger partial charge < -0.3 is 4.42 Å². The van der Waals surface area contributed by atoms with Crippen LogP contribution in [0.2, 0.25) is 0 Å². The van der Waals surface area contributed by atoms with Crippen LogP contribution in [0.5, 0.6) is 0 Å². The summed E-state index contributed by atoms with van der Waals surface area (Å²) in [4.78, 5) is 11.5. The van der Waals surface area contributed by atoms with Gasteiger partial charge in [-0.25, -0.2) is 8.42 Å². The first-order valence-corrected chi connectivity index (χ1v) is 9.13. The Kier molecular flexibility index (Phi) is 4.72. The summed E-state index contributed by atoms with van der Waals surface area (Å²) in [6, 6.07) is 18.2. The zero-order valence-corrected chi connectivity index (χ0v) is 14.4. The van der Waals surface area contributed by atoms with E-state index in [-0.39, 0.29) is 17.2 Å². The summed E-state index contributed by atoms with van der Waals surface area (Å²) >= 11 is 0. The molecule has 2 aromatic carbocycles. The van der Waals surface area contributed by atoms with Crippen molar-refractivity contribution in [3.05, 3.63) is 84.3 Å². The molecule has 0 unspecified atom stereocenters. The van der Waals surface area contributed by atoms with E-state index in [1.54, 1.807) is 36.4 Å². The summed E-state index contributed by atoms with van der Waals surface area (Å²) in [7, 11) is -3.81. The quantitative estimate of drug-likeness (QED) is 0.629. The molecule has 0 bridgehead atoms. The van der Waals surface area contributed by atoms with Gasteiger partial charge >= 0.3 is 0 Å². The average molecular weight is 355 g/mol. The third-order valence-electron chi connectivity index (χ3n) is 3.77. The number of furan rings is 1. The summed E-state index contributed by atoms with van der Waals surface area (Å²) in [5, 5.41) is 0. The van der Waals surface area contributed by atoms with E-state index in [4.69, 9.17) is 4.42 Å². The number of sulfonamides is 1. The van der Waals surface area contributed by atoms with Gasteiger partial charge in [0.15, 0.2) is 5.78 Å². The van der Waals surface area contributed by atoms with Crippen molar-refractivity contribution in [1.82, 2.24) is 0 Å². The molecule has 0 aliphatic heterocycles. The molecule has 1 heterocycles. The SMILES string of the molecule is CC(=O)c1ccc(S(=O)(=O)N(Cc2ccco2)c2ccccc2)cc1. The van der Waals surface area contributed by atoms with E-state index in [9.17, 15) is 13.2 Å². The molecule has 0 spiro atoms. The van der Waals surface area contributed by atoms with E-state index in [1.165, 1.54) is 41.8 Å². The van der Waals surface area contributed by atoms with Gasteiger partial charge in [0, 0.05) is 5.56 Å². The second-order valence-electron chi connectivity index (χ2n) is 5.51. The minimum atomic E-state index is -3.81. The molecule has 0 N–H and O–H groups in total. The lowest BCUT2D eigenvalue weighted by Gasteiger charge is -2.23.